The van der Waals surface area contributed by atoms with Gasteiger partial charge in [-0.15, -0.1) is 0 Å². The highest BCUT2D eigenvalue weighted by Crippen LogP contribution is 1.34. The summed E-state index contributed by atoms with van der Waals surface area (Å²) in [5.41, 5.74) is 6.08. The Bertz CT molecular complexity index is 54.9. The molecule has 0 aliphatic heterocycles. The normalized spacial score (nSPS) is 5.29. The fourth-order valence-corrected chi connectivity index (χ4v) is 0. The van der Waals surface area contributed by atoms with Crippen molar-refractivity contribution in [1.29, 1.82) is 0 Å². The standard InChI is InChI=1S/CH5N3O.CH2O/c2-1(5)4-3;1-2/h3H2,(H3,2,4,5);1H2. The molecule has 0 rings (SSSR count). The second kappa shape index (κ2) is 8.86. The largest absolute Gasteiger partial charge is 0.351 e. The van der Waals surface area contributed by atoms with E-state index in [0.29, 0.717) is 0 Å². The van der Waals surface area contributed by atoms with E-state index in [2.05, 4.69) is 11.6 Å². The summed E-state index contributed by atoms with van der Waals surface area (Å²) in [6, 6.07) is -0.718. The molecule has 5 heteroatoms. The van der Waals surface area contributed by atoms with Crippen molar-refractivity contribution in [3.05, 3.63) is 0 Å². The Morgan fingerprint density at radius 2 is 1.71 bits per heavy atom. The molecule has 0 fully saturated rings. The third-order valence-electron chi connectivity index (χ3n) is 0.142. The molecule has 0 aliphatic rings. The summed E-state index contributed by atoms with van der Waals surface area (Å²) in [5.74, 6) is 4.45. The van der Waals surface area contributed by atoms with E-state index in [4.69, 9.17) is 4.79 Å². The summed E-state index contributed by atoms with van der Waals surface area (Å²) in [6.07, 6.45) is 0. The fraction of sp³-hybridized carbons (Fsp3) is 0. The van der Waals surface area contributed by atoms with Gasteiger partial charge in [0, 0.05) is 0 Å². The van der Waals surface area contributed by atoms with Crippen LogP contribution in [0.15, 0.2) is 0 Å². The van der Waals surface area contributed by atoms with Crippen LogP contribution in [0.25, 0.3) is 0 Å². The number of hydrogen-bond donors (Lipinski definition) is 3. The topological polar surface area (TPSA) is 98.2 Å². The SMILES string of the molecule is C=O.NNC(N)=O. The van der Waals surface area contributed by atoms with E-state index in [0.717, 1.165) is 0 Å². The van der Waals surface area contributed by atoms with Gasteiger partial charge >= 0.3 is 6.03 Å². The molecule has 0 atom stereocenters. The second-order valence-electron chi connectivity index (χ2n) is 0.509. The van der Waals surface area contributed by atoms with Crippen molar-refractivity contribution in [3.63, 3.8) is 0 Å². The van der Waals surface area contributed by atoms with E-state index >= 15 is 0 Å². The van der Waals surface area contributed by atoms with Crippen LogP contribution in [0, 0.1) is 0 Å². The molecule has 0 aromatic heterocycles. The minimum Gasteiger partial charge on any atom is -0.351 e. The Balaban J connectivity index is 0. The van der Waals surface area contributed by atoms with E-state index in [-0.39, 0.29) is 0 Å². The van der Waals surface area contributed by atoms with Crippen LogP contribution in [0.2, 0.25) is 0 Å². The van der Waals surface area contributed by atoms with E-state index in [1.165, 1.54) is 0 Å². The van der Waals surface area contributed by atoms with E-state index in [1.807, 2.05) is 6.79 Å². The molecule has 5 nitrogen and oxygen atoms in total. The smallest absolute Gasteiger partial charge is 0.326 e. The maximum Gasteiger partial charge on any atom is 0.326 e. The molecule has 0 aromatic carbocycles. The molecule has 0 spiro atoms. The number of nitrogens with one attached hydrogen (secondary N) is 1. The molecule has 0 heterocycles. The summed E-state index contributed by atoms with van der Waals surface area (Å²) in [7, 11) is 0. The Morgan fingerprint density at radius 3 is 1.71 bits per heavy atom. The van der Waals surface area contributed by atoms with Gasteiger partial charge in [-0.05, 0) is 0 Å². The third-order valence-corrected chi connectivity index (χ3v) is 0.142. The van der Waals surface area contributed by atoms with Crippen molar-refractivity contribution in [2.75, 3.05) is 0 Å². The van der Waals surface area contributed by atoms with Gasteiger partial charge in [0.2, 0.25) is 0 Å². The predicted octanol–water partition coefficient (Wildman–Crippen LogP) is -1.66. The number of rotatable bonds is 0. The molecular formula is C2H7N3O2. The highest BCUT2D eigenvalue weighted by Gasteiger charge is 1.73. The number of hydrazine groups is 1. The molecule has 5 N–H and O–H groups in total. The number of carbonyl (C=O) groups is 2. The van der Waals surface area contributed by atoms with E-state index < -0.39 is 6.03 Å². The maximum absolute atomic E-state index is 9.35. The molecule has 0 aromatic rings. The van der Waals surface area contributed by atoms with Crippen molar-refractivity contribution >= 4 is 12.8 Å². The van der Waals surface area contributed by atoms with Crippen LogP contribution in [-0.4, -0.2) is 12.8 Å². The number of primary amides is 1. The first-order valence-electron chi connectivity index (χ1n) is 1.32. The average molecular weight is 105 g/mol. The summed E-state index contributed by atoms with van der Waals surface area (Å²) >= 11 is 0. The summed E-state index contributed by atoms with van der Waals surface area (Å²) in [4.78, 5) is 17.4. The van der Waals surface area contributed by atoms with Gasteiger partial charge in [-0.1, -0.05) is 0 Å². The molecule has 0 unspecified atom stereocenters. The summed E-state index contributed by atoms with van der Waals surface area (Å²) < 4.78 is 0. The number of nitrogens with two attached hydrogens (primary N) is 2. The fourth-order valence-electron chi connectivity index (χ4n) is 0. The van der Waals surface area contributed by atoms with Crippen molar-refractivity contribution in [2.45, 2.75) is 0 Å². The van der Waals surface area contributed by atoms with Crippen LogP contribution in [-0.2, 0) is 4.79 Å². The number of urea groups is 1. The highest BCUT2D eigenvalue weighted by molar-refractivity contribution is 5.70. The lowest BCUT2D eigenvalue weighted by Gasteiger charge is -1.81. The van der Waals surface area contributed by atoms with Gasteiger partial charge < -0.3 is 10.5 Å². The van der Waals surface area contributed by atoms with E-state index in [1.54, 1.807) is 5.43 Å². The summed E-state index contributed by atoms with van der Waals surface area (Å²) in [6.45, 7) is 2.00. The minimum atomic E-state index is -0.718. The first-order chi connectivity index (χ1) is 3.27. The Labute approximate surface area is 40.6 Å². The van der Waals surface area contributed by atoms with Crippen LogP contribution in [0.1, 0.15) is 0 Å². The molecule has 0 saturated heterocycles. The molecule has 0 bridgehead atoms. The van der Waals surface area contributed by atoms with Crippen LogP contribution in [0.5, 0.6) is 0 Å². The van der Waals surface area contributed by atoms with Crippen LogP contribution in [0.3, 0.4) is 0 Å². The number of amides is 2. The van der Waals surface area contributed by atoms with Gasteiger partial charge in [0.1, 0.15) is 6.79 Å². The summed E-state index contributed by atoms with van der Waals surface area (Å²) in [5, 5.41) is 0. The second-order valence-corrected chi connectivity index (χ2v) is 0.509. The van der Waals surface area contributed by atoms with Gasteiger partial charge in [-0.25, -0.2) is 10.6 Å². The van der Waals surface area contributed by atoms with Gasteiger partial charge in [-0.2, -0.15) is 0 Å². The Morgan fingerprint density at radius 1 is 1.57 bits per heavy atom. The Hall–Kier alpha value is -1.10. The molecular weight excluding hydrogens is 98.0 g/mol. The zero-order valence-electron chi connectivity index (χ0n) is 3.68. The lowest BCUT2D eigenvalue weighted by atomic mass is 11.2. The highest BCUT2D eigenvalue weighted by atomic mass is 16.2. The first kappa shape index (κ1) is 9.31. The van der Waals surface area contributed by atoms with Crippen molar-refractivity contribution in [2.24, 2.45) is 11.6 Å². The van der Waals surface area contributed by atoms with Crippen LogP contribution in [0.4, 0.5) is 4.79 Å². The van der Waals surface area contributed by atoms with Gasteiger partial charge in [0.15, 0.2) is 0 Å². The number of carbonyl (C=O) groups excluding carboxylic acids is 2. The van der Waals surface area contributed by atoms with Crippen molar-refractivity contribution < 1.29 is 9.59 Å². The maximum atomic E-state index is 9.35. The average Bonchev–Trinajstić information content (AvgIpc) is 1.73. The van der Waals surface area contributed by atoms with Crippen LogP contribution < -0.4 is 17.0 Å². The zero-order valence-corrected chi connectivity index (χ0v) is 3.68. The quantitative estimate of drug-likeness (QED) is 0.195. The lowest BCUT2D eigenvalue weighted by Crippen LogP contribution is -2.34. The van der Waals surface area contributed by atoms with Gasteiger partial charge in [0.05, 0.1) is 0 Å². The van der Waals surface area contributed by atoms with Crippen molar-refractivity contribution in [1.82, 2.24) is 5.43 Å². The first-order valence-corrected chi connectivity index (χ1v) is 1.32. The Kier molecular flexibility index (Phi) is 11.8. The minimum absolute atomic E-state index is 0.718. The van der Waals surface area contributed by atoms with Crippen molar-refractivity contribution in [3.8, 4) is 0 Å². The molecule has 0 radical (unpaired) electrons. The van der Waals surface area contributed by atoms with Crippen LogP contribution >= 0.6 is 0 Å². The monoisotopic (exact) mass is 105 g/mol. The van der Waals surface area contributed by atoms with Gasteiger partial charge in [0.25, 0.3) is 0 Å². The predicted molar refractivity (Wildman–Crippen MR) is 24.0 cm³/mol. The molecule has 0 saturated carbocycles. The molecule has 42 valence electrons. The third kappa shape index (κ3) is 50.9. The number of hydrogen-bond acceptors (Lipinski definition) is 3. The van der Waals surface area contributed by atoms with E-state index in [9.17, 15) is 4.79 Å². The molecule has 7 heavy (non-hydrogen) atoms. The molecule has 2 amide bonds. The van der Waals surface area contributed by atoms with Gasteiger partial charge in [-0.3, -0.25) is 5.43 Å². The zero-order chi connectivity index (χ0) is 6.28. The molecule has 0 aliphatic carbocycles. The lowest BCUT2D eigenvalue weighted by molar-refractivity contribution is -0.0979.